The maximum absolute atomic E-state index is 13.5. The van der Waals surface area contributed by atoms with E-state index in [2.05, 4.69) is 16.0 Å². The summed E-state index contributed by atoms with van der Waals surface area (Å²) in [6.45, 7) is 1.24. The molecule has 0 saturated carbocycles. The van der Waals surface area contributed by atoms with Gasteiger partial charge in [-0.25, -0.2) is 0 Å². The lowest BCUT2D eigenvalue weighted by atomic mass is 9.95. The standard InChI is InChI=1S/C25H27ClN4O4/c1-34-22-7-5-15(26)12-17(22)14-4-6-19-18(11-14)25(33)30-10-8-16(13-21(30)24(32)29-19)28-23(31)20-3-2-9-27-20/h4-7,11-12,16,20-21,27H,2-3,8-10,13H2,1H3,(H,28,31)(H,29,32). The Hall–Kier alpha value is -3.10. The zero-order chi connectivity index (χ0) is 23.8. The molecule has 3 amide bonds. The van der Waals surface area contributed by atoms with Crippen molar-refractivity contribution < 1.29 is 19.1 Å². The fourth-order valence-electron chi connectivity index (χ4n) is 5.07. The number of ether oxygens (including phenoxy) is 1. The van der Waals surface area contributed by atoms with E-state index in [0.717, 1.165) is 30.5 Å². The number of amides is 3. The largest absolute Gasteiger partial charge is 0.496 e. The Labute approximate surface area is 203 Å². The Balaban J connectivity index is 1.39. The van der Waals surface area contributed by atoms with Crippen LogP contribution in [0.2, 0.25) is 5.02 Å². The maximum Gasteiger partial charge on any atom is 0.256 e. The van der Waals surface area contributed by atoms with Crippen LogP contribution in [0.15, 0.2) is 36.4 Å². The van der Waals surface area contributed by atoms with Gasteiger partial charge in [0.1, 0.15) is 11.8 Å². The number of benzene rings is 2. The highest BCUT2D eigenvalue weighted by atomic mass is 35.5. The SMILES string of the molecule is COc1ccc(Cl)cc1-c1ccc2c(c1)C(=O)N1CCC(NC(=O)C3CCCN3)CC1C(=O)N2. The van der Waals surface area contributed by atoms with Crippen LogP contribution in [-0.2, 0) is 9.59 Å². The van der Waals surface area contributed by atoms with Gasteiger partial charge in [0, 0.05) is 23.2 Å². The Morgan fingerprint density at radius 2 is 2.00 bits per heavy atom. The van der Waals surface area contributed by atoms with E-state index in [9.17, 15) is 14.4 Å². The quantitative estimate of drug-likeness (QED) is 0.622. The number of fused-ring (bicyclic) bond motifs is 2. The van der Waals surface area contributed by atoms with Crippen LogP contribution in [0, 0.1) is 0 Å². The molecule has 8 nitrogen and oxygen atoms in total. The molecule has 3 heterocycles. The molecule has 3 N–H and O–H groups in total. The van der Waals surface area contributed by atoms with Gasteiger partial charge < -0.3 is 25.6 Å². The minimum Gasteiger partial charge on any atom is -0.496 e. The second-order valence-corrected chi connectivity index (χ2v) is 9.42. The van der Waals surface area contributed by atoms with Crippen molar-refractivity contribution >= 4 is 35.0 Å². The minimum atomic E-state index is -0.639. The van der Waals surface area contributed by atoms with Crippen LogP contribution in [0.4, 0.5) is 5.69 Å². The van der Waals surface area contributed by atoms with Gasteiger partial charge in [0.25, 0.3) is 5.91 Å². The van der Waals surface area contributed by atoms with E-state index < -0.39 is 6.04 Å². The van der Waals surface area contributed by atoms with Crippen LogP contribution in [0.3, 0.4) is 0 Å². The number of carbonyl (C=O) groups is 3. The lowest BCUT2D eigenvalue weighted by molar-refractivity contribution is -0.126. The lowest BCUT2D eigenvalue weighted by Crippen LogP contribution is -2.56. The topological polar surface area (TPSA) is 99.8 Å². The molecule has 0 spiro atoms. The number of hydrogen-bond acceptors (Lipinski definition) is 5. The van der Waals surface area contributed by atoms with Crippen molar-refractivity contribution in [2.24, 2.45) is 0 Å². The summed E-state index contributed by atoms with van der Waals surface area (Å²) in [5, 5.41) is 9.74. The smallest absolute Gasteiger partial charge is 0.256 e. The molecule has 0 radical (unpaired) electrons. The molecule has 0 aromatic heterocycles. The molecule has 178 valence electrons. The monoisotopic (exact) mass is 482 g/mol. The molecule has 2 fully saturated rings. The van der Waals surface area contributed by atoms with E-state index in [0.29, 0.717) is 41.4 Å². The average Bonchev–Trinajstić information content (AvgIpc) is 3.36. The number of halogens is 1. The summed E-state index contributed by atoms with van der Waals surface area (Å²) in [4.78, 5) is 40.8. The van der Waals surface area contributed by atoms with Gasteiger partial charge in [0.15, 0.2) is 0 Å². The molecule has 2 aromatic rings. The van der Waals surface area contributed by atoms with E-state index >= 15 is 0 Å². The van der Waals surface area contributed by atoms with Gasteiger partial charge in [-0.15, -0.1) is 0 Å². The molecule has 3 aliphatic rings. The molecule has 3 aliphatic heterocycles. The number of hydrogen-bond donors (Lipinski definition) is 3. The predicted octanol–water partition coefficient (Wildman–Crippen LogP) is 2.81. The Morgan fingerprint density at radius 3 is 2.76 bits per heavy atom. The number of anilines is 1. The average molecular weight is 483 g/mol. The van der Waals surface area contributed by atoms with E-state index in [1.165, 1.54) is 0 Å². The number of methoxy groups -OCH3 is 1. The summed E-state index contributed by atoms with van der Waals surface area (Å²) < 4.78 is 5.47. The summed E-state index contributed by atoms with van der Waals surface area (Å²) in [6.07, 6.45) is 2.80. The third-order valence-electron chi connectivity index (χ3n) is 6.87. The van der Waals surface area contributed by atoms with Crippen molar-refractivity contribution in [2.75, 3.05) is 25.5 Å². The van der Waals surface area contributed by atoms with Crippen LogP contribution in [0.1, 0.15) is 36.0 Å². The molecule has 2 aromatic carbocycles. The van der Waals surface area contributed by atoms with Gasteiger partial charge in [-0.05, 0) is 68.1 Å². The first-order valence-electron chi connectivity index (χ1n) is 11.6. The fourth-order valence-corrected chi connectivity index (χ4v) is 5.24. The molecular weight excluding hydrogens is 456 g/mol. The minimum absolute atomic E-state index is 0.0281. The first-order valence-corrected chi connectivity index (χ1v) is 12.0. The van der Waals surface area contributed by atoms with Crippen molar-refractivity contribution in [3.05, 3.63) is 47.0 Å². The fraction of sp³-hybridized carbons (Fsp3) is 0.400. The van der Waals surface area contributed by atoms with Crippen molar-refractivity contribution in [3.63, 3.8) is 0 Å². The lowest BCUT2D eigenvalue weighted by Gasteiger charge is -2.37. The van der Waals surface area contributed by atoms with E-state index in [1.807, 2.05) is 6.07 Å². The molecule has 0 aliphatic carbocycles. The number of nitrogens with zero attached hydrogens (tertiary/aromatic N) is 1. The highest BCUT2D eigenvalue weighted by molar-refractivity contribution is 6.31. The molecule has 5 rings (SSSR count). The van der Waals surface area contributed by atoms with E-state index in [1.54, 1.807) is 42.3 Å². The first kappa shape index (κ1) is 22.7. The molecule has 3 atom stereocenters. The third-order valence-corrected chi connectivity index (χ3v) is 7.10. The summed E-state index contributed by atoms with van der Waals surface area (Å²) in [6, 6.07) is 9.70. The van der Waals surface area contributed by atoms with Gasteiger partial charge in [-0.1, -0.05) is 17.7 Å². The number of piperidine rings is 1. The van der Waals surface area contributed by atoms with Crippen LogP contribution >= 0.6 is 11.6 Å². The zero-order valence-electron chi connectivity index (χ0n) is 18.9. The van der Waals surface area contributed by atoms with Crippen LogP contribution in [0.25, 0.3) is 11.1 Å². The van der Waals surface area contributed by atoms with E-state index in [4.69, 9.17) is 16.3 Å². The van der Waals surface area contributed by atoms with Crippen molar-refractivity contribution in [2.45, 2.75) is 43.8 Å². The summed E-state index contributed by atoms with van der Waals surface area (Å²) in [5.41, 5.74) is 2.43. The summed E-state index contributed by atoms with van der Waals surface area (Å²) in [7, 11) is 1.58. The predicted molar refractivity (Wildman–Crippen MR) is 129 cm³/mol. The third kappa shape index (κ3) is 4.23. The zero-order valence-corrected chi connectivity index (χ0v) is 19.7. The summed E-state index contributed by atoms with van der Waals surface area (Å²) in [5.74, 6) is 0.168. The Bertz CT molecular complexity index is 1150. The number of carbonyl (C=O) groups excluding carboxylic acids is 3. The first-order chi connectivity index (χ1) is 16.4. The van der Waals surface area contributed by atoms with Gasteiger partial charge in [0.2, 0.25) is 11.8 Å². The normalized spacial score (nSPS) is 24.1. The highest BCUT2D eigenvalue weighted by Gasteiger charge is 2.40. The Kier molecular flexibility index (Phi) is 6.18. The number of rotatable bonds is 4. The molecule has 34 heavy (non-hydrogen) atoms. The molecular formula is C25H27ClN4O4. The Morgan fingerprint density at radius 1 is 1.15 bits per heavy atom. The van der Waals surface area contributed by atoms with Gasteiger partial charge in [-0.2, -0.15) is 0 Å². The summed E-state index contributed by atoms with van der Waals surface area (Å²) >= 11 is 6.20. The van der Waals surface area contributed by atoms with Crippen LogP contribution in [0.5, 0.6) is 5.75 Å². The highest BCUT2D eigenvalue weighted by Crippen LogP contribution is 2.36. The van der Waals surface area contributed by atoms with Gasteiger partial charge in [0.05, 0.1) is 24.4 Å². The van der Waals surface area contributed by atoms with Crippen LogP contribution < -0.4 is 20.7 Å². The number of nitrogens with one attached hydrogen (secondary N) is 3. The van der Waals surface area contributed by atoms with Gasteiger partial charge in [-0.3, -0.25) is 14.4 Å². The van der Waals surface area contributed by atoms with Crippen LogP contribution in [-0.4, -0.2) is 60.9 Å². The molecule has 0 bridgehead atoms. The van der Waals surface area contributed by atoms with Crippen molar-refractivity contribution in [1.29, 1.82) is 0 Å². The van der Waals surface area contributed by atoms with Crippen molar-refractivity contribution in [1.82, 2.24) is 15.5 Å². The second-order valence-electron chi connectivity index (χ2n) is 8.99. The second kappa shape index (κ2) is 9.27. The van der Waals surface area contributed by atoms with Crippen molar-refractivity contribution in [3.8, 4) is 16.9 Å². The molecule has 3 unspecified atom stereocenters. The van der Waals surface area contributed by atoms with E-state index in [-0.39, 0.29) is 29.8 Å². The molecule has 2 saturated heterocycles. The van der Waals surface area contributed by atoms with Gasteiger partial charge >= 0.3 is 0 Å². The molecule has 9 heteroatoms. The maximum atomic E-state index is 13.5.